The molecule has 1 saturated heterocycles. The van der Waals surface area contributed by atoms with E-state index in [0.29, 0.717) is 32.2 Å². The number of rotatable bonds is 8. The molecule has 0 aliphatic carbocycles. The van der Waals surface area contributed by atoms with Gasteiger partial charge >= 0.3 is 6.18 Å². The van der Waals surface area contributed by atoms with Gasteiger partial charge in [-0.2, -0.15) is 13.2 Å². The van der Waals surface area contributed by atoms with E-state index in [0.717, 1.165) is 17.7 Å². The van der Waals surface area contributed by atoms with Gasteiger partial charge in [-0.15, -0.1) is 0 Å². The van der Waals surface area contributed by atoms with Crippen LogP contribution in [0.2, 0.25) is 0 Å². The Bertz CT molecular complexity index is 552. The lowest BCUT2D eigenvalue weighted by Crippen LogP contribution is -2.53. The predicted octanol–water partition coefficient (Wildman–Crippen LogP) is 3.22. The van der Waals surface area contributed by atoms with E-state index in [2.05, 4.69) is 13.8 Å². The van der Waals surface area contributed by atoms with Crippen molar-refractivity contribution in [3.8, 4) is 5.75 Å². The molecule has 4 nitrogen and oxygen atoms in total. The van der Waals surface area contributed by atoms with Gasteiger partial charge in [0.05, 0.1) is 12.5 Å². The van der Waals surface area contributed by atoms with Crippen molar-refractivity contribution >= 4 is 5.91 Å². The lowest BCUT2D eigenvalue weighted by Gasteiger charge is -2.38. The molecule has 0 unspecified atom stereocenters. The summed E-state index contributed by atoms with van der Waals surface area (Å²) >= 11 is 0. The minimum Gasteiger partial charge on any atom is -0.494 e. The number of amides is 1. The fraction of sp³-hybridized carbons (Fsp3) is 0.611. The Morgan fingerprint density at radius 1 is 1.28 bits per heavy atom. The molecule has 1 fully saturated rings. The zero-order valence-corrected chi connectivity index (χ0v) is 14.6. The SMILES string of the molecule is CC(C)CCOc1ccc(CN2CC(C(=O)NCC(F)(F)F)C2)cc1. The molecule has 1 aromatic carbocycles. The van der Waals surface area contributed by atoms with Crippen molar-refractivity contribution in [3.63, 3.8) is 0 Å². The summed E-state index contributed by atoms with van der Waals surface area (Å²) in [5.74, 6) is 0.549. The van der Waals surface area contributed by atoms with Crippen LogP contribution in [0.4, 0.5) is 13.2 Å². The molecule has 1 heterocycles. The first-order chi connectivity index (χ1) is 11.7. The number of carbonyl (C=O) groups excluding carboxylic acids is 1. The highest BCUT2D eigenvalue weighted by molar-refractivity contribution is 5.80. The van der Waals surface area contributed by atoms with Gasteiger partial charge in [-0.3, -0.25) is 9.69 Å². The van der Waals surface area contributed by atoms with Crippen molar-refractivity contribution in [3.05, 3.63) is 29.8 Å². The largest absolute Gasteiger partial charge is 0.494 e. The van der Waals surface area contributed by atoms with E-state index in [1.54, 1.807) is 0 Å². The van der Waals surface area contributed by atoms with Crippen LogP contribution in [0.3, 0.4) is 0 Å². The average Bonchev–Trinajstić information content (AvgIpc) is 2.48. The van der Waals surface area contributed by atoms with Crippen molar-refractivity contribution in [2.45, 2.75) is 33.0 Å². The molecular weight excluding hydrogens is 333 g/mol. The molecule has 0 radical (unpaired) electrons. The third-order valence-electron chi connectivity index (χ3n) is 4.08. The first-order valence-electron chi connectivity index (χ1n) is 8.51. The number of nitrogens with one attached hydrogen (secondary N) is 1. The number of benzene rings is 1. The zero-order valence-electron chi connectivity index (χ0n) is 14.6. The number of likely N-dealkylation sites (tertiary alicyclic amines) is 1. The summed E-state index contributed by atoms with van der Waals surface area (Å²) in [5.41, 5.74) is 1.09. The third-order valence-corrected chi connectivity index (χ3v) is 4.08. The summed E-state index contributed by atoms with van der Waals surface area (Å²) < 4.78 is 41.9. The maximum atomic E-state index is 12.1. The number of hydrogen-bond acceptors (Lipinski definition) is 3. The van der Waals surface area contributed by atoms with Crippen LogP contribution >= 0.6 is 0 Å². The van der Waals surface area contributed by atoms with Crippen LogP contribution in [0.1, 0.15) is 25.8 Å². The first-order valence-corrected chi connectivity index (χ1v) is 8.51. The average molecular weight is 358 g/mol. The van der Waals surface area contributed by atoms with Gasteiger partial charge < -0.3 is 10.1 Å². The second kappa shape index (κ2) is 8.56. The molecule has 1 aliphatic rings. The quantitative estimate of drug-likeness (QED) is 0.776. The van der Waals surface area contributed by atoms with Crippen molar-refractivity contribution in [1.29, 1.82) is 0 Å². The normalized spacial score (nSPS) is 15.9. The van der Waals surface area contributed by atoms with Gasteiger partial charge in [0, 0.05) is 19.6 Å². The van der Waals surface area contributed by atoms with E-state index in [1.165, 1.54) is 0 Å². The second-order valence-corrected chi connectivity index (χ2v) is 6.90. The highest BCUT2D eigenvalue weighted by Crippen LogP contribution is 2.21. The maximum Gasteiger partial charge on any atom is 0.405 e. The van der Waals surface area contributed by atoms with E-state index < -0.39 is 18.6 Å². The molecule has 1 aromatic rings. The minimum absolute atomic E-state index is 0.360. The number of carbonyl (C=O) groups is 1. The molecule has 25 heavy (non-hydrogen) atoms. The molecule has 7 heteroatoms. The smallest absolute Gasteiger partial charge is 0.405 e. The topological polar surface area (TPSA) is 41.6 Å². The van der Waals surface area contributed by atoms with Gasteiger partial charge in [-0.05, 0) is 30.0 Å². The van der Waals surface area contributed by atoms with Crippen molar-refractivity contribution in [2.75, 3.05) is 26.2 Å². The van der Waals surface area contributed by atoms with E-state index in [9.17, 15) is 18.0 Å². The molecule has 140 valence electrons. The molecule has 0 bridgehead atoms. The van der Waals surface area contributed by atoms with Gasteiger partial charge in [-0.1, -0.05) is 26.0 Å². The van der Waals surface area contributed by atoms with Crippen molar-refractivity contribution in [2.24, 2.45) is 11.8 Å². The summed E-state index contributed by atoms with van der Waals surface area (Å²) in [7, 11) is 0. The van der Waals surface area contributed by atoms with Gasteiger partial charge in [0.2, 0.25) is 5.91 Å². The Labute approximate surface area is 146 Å². The third kappa shape index (κ3) is 6.94. The molecule has 1 aliphatic heterocycles. The number of hydrogen-bond donors (Lipinski definition) is 1. The number of halogens is 3. The zero-order chi connectivity index (χ0) is 18.4. The van der Waals surface area contributed by atoms with Crippen molar-refractivity contribution in [1.82, 2.24) is 10.2 Å². The van der Waals surface area contributed by atoms with E-state index >= 15 is 0 Å². The number of ether oxygens (including phenoxy) is 1. The Balaban J connectivity index is 1.68. The number of nitrogens with zero attached hydrogens (tertiary/aromatic N) is 1. The summed E-state index contributed by atoms with van der Waals surface area (Å²) in [5, 5.41) is 1.94. The minimum atomic E-state index is -4.36. The van der Waals surface area contributed by atoms with E-state index in [1.807, 2.05) is 34.5 Å². The van der Waals surface area contributed by atoms with E-state index in [-0.39, 0.29) is 5.92 Å². The maximum absolute atomic E-state index is 12.1. The Morgan fingerprint density at radius 2 is 1.92 bits per heavy atom. The van der Waals surface area contributed by atoms with Gasteiger partial charge in [-0.25, -0.2) is 0 Å². The molecule has 1 N–H and O–H groups in total. The highest BCUT2D eigenvalue weighted by Gasteiger charge is 2.35. The fourth-order valence-corrected chi connectivity index (χ4v) is 2.56. The molecule has 0 spiro atoms. The van der Waals surface area contributed by atoms with Gasteiger partial charge in [0.1, 0.15) is 12.3 Å². The Hall–Kier alpha value is -1.76. The Kier molecular flexibility index (Phi) is 6.70. The molecular formula is C18H25F3N2O2. The lowest BCUT2D eigenvalue weighted by molar-refractivity contribution is -0.144. The monoisotopic (exact) mass is 358 g/mol. The first kappa shape index (κ1) is 19.6. The Morgan fingerprint density at radius 3 is 2.48 bits per heavy atom. The molecule has 1 amide bonds. The van der Waals surface area contributed by atoms with Crippen molar-refractivity contribution < 1.29 is 22.7 Å². The lowest BCUT2D eigenvalue weighted by atomic mass is 9.98. The van der Waals surface area contributed by atoms with Crippen LogP contribution in [0.5, 0.6) is 5.75 Å². The standard InChI is InChI=1S/C18H25F3N2O2/c1-13(2)7-8-25-16-5-3-14(4-6-16)9-23-10-15(11-23)17(24)22-12-18(19,20)21/h3-6,13,15H,7-12H2,1-2H3,(H,22,24). The molecule has 0 aromatic heterocycles. The van der Waals surface area contributed by atoms with Crippen LogP contribution in [-0.2, 0) is 11.3 Å². The van der Waals surface area contributed by atoms with Crippen LogP contribution in [0.25, 0.3) is 0 Å². The van der Waals surface area contributed by atoms with Crippen LogP contribution in [-0.4, -0.2) is 43.2 Å². The van der Waals surface area contributed by atoms with Gasteiger partial charge in [0.25, 0.3) is 0 Å². The van der Waals surface area contributed by atoms with Crippen LogP contribution in [0, 0.1) is 11.8 Å². The van der Waals surface area contributed by atoms with Crippen LogP contribution in [0.15, 0.2) is 24.3 Å². The molecule has 2 rings (SSSR count). The predicted molar refractivity (Wildman–Crippen MR) is 89.2 cm³/mol. The second-order valence-electron chi connectivity index (χ2n) is 6.90. The van der Waals surface area contributed by atoms with Crippen LogP contribution < -0.4 is 10.1 Å². The summed E-state index contributed by atoms with van der Waals surface area (Å²) in [6.45, 7) is 5.37. The molecule has 0 saturated carbocycles. The van der Waals surface area contributed by atoms with E-state index in [4.69, 9.17) is 4.74 Å². The highest BCUT2D eigenvalue weighted by atomic mass is 19.4. The fourth-order valence-electron chi connectivity index (χ4n) is 2.56. The van der Waals surface area contributed by atoms with Gasteiger partial charge in [0.15, 0.2) is 0 Å². The molecule has 0 atom stereocenters. The number of alkyl halides is 3. The summed E-state index contributed by atoms with van der Waals surface area (Å²) in [6, 6.07) is 7.79. The summed E-state index contributed by atoms with van der Waals surface area (Å²) in [6.07, 6.45) is -3.36. The summed E-state index contributed by atoms with van der Waals surface area (Å²) in [4.78, 5) is 13.6.